The third kappa shape index (κ3) is 5.20. The summed E-state index contributed by atoms with van der Waals surface area (Å²) in [5, 5.41) is 3.57. The molecule has 0 spiro atoms. The van der Waals surface area contributed by atoms with Crippen LogP contribution in [0.3, 0.4) is 0 Å². The second-order valence-electron chi connectivity index (χ2n) is 5.48. The van der Waals surface area contributed by atoms with Crippen LogP contribution in [0, 0.1) is 5.92 Å². The Morgan fingerprint density at radius 1 is 1.00 bits per heavy atom. The fourth-order valence-electron chi connectivity index (χ4n) is 2.59. The van der Waals surface area contributed by atoms with Crippen LogP contribution in [0.2, 0.25) is 0 Å². The van der Waals surface area contributed by atoms with E-state index in [9.17, 15) is 0 Å². The highest BCUT2D eigenvalue weighted by Gasteiger charge is 2.48. The lowest BCUT2D eigenvalue weighted by molar-refractivity contribution is 0.0990. The van der Waals surface area contributed by atoms with Crippen LogP contribution in [-0.4, -0.2) is 42.3 Å². The predicted octanol–water partition coefficient (Wildman–Crippen LogP) is 2.65. The summed E-state index contributed by atoms with van der Waals surface area (Å²) in [4.78, 5) is 0. The van der Waals surface area contributed by atoms with Crippen molar-refractivity contribution in [3.05, 3.63) is 35.9 Å². The molecule has 0 amide bonds. The average molecular weight is 311 g/mol. The fraction of sp³-hybridized carbons (Fsp3) is 0.625. The van der Waals surface area contributed by atoms with E-state index < -0.39 is 8.80 Å². The van der Waals surface area contributed by atoms with E-state index in [1.165, 1.54) is 5.56 Å². The summed E-state index contributed by atoms with van der Waals surface area (Å²) in [6, 6.07) is 10.5. The summed E-state index contributed by atoms with van der Waals surface area (Å²) >= 11 is 0. The normalized spacial score (nSPS) is 13.6. The Balaban J connectivity index is 2.52. The SMILES string of the molecule is CO[Si](OC)(OC)C(NCCCc1ccccc1)C(C)C. The first-order valence-corrected chi connectivity index (χ1v) is 9.32. The number of rotatable bonds is 10. The third-order valence-electron chi connectivity index (χ3n) is 3.75. The van der Waals surface area contributed by atoms with Crippen molar-refractivity contribution in [3.63, 3.8) is 0 Å². The Kier molecular flexibility index (Phi) is 8.14. The molecule has 0 bridgehead atoms. The second-order valence-corrected chi connectivity index (χ2v) is 8.53. The summed E-state index contributed by atoms with van der Waals surface area (Å²) in [5.41, 5.74) is 1.47. The molecular weight excluding hydrogens is 282 g/mol. The van der Waals surface area contributed by atoms with E-state index in [2.05, 4.69) is 43.4 Å². The molecule has 0 heterocycles. The van der Waals surface area contributed by atoms with Crippen LogP contribution in [0.5, 0.6) is 0 Å². The van der Waals surface area contributed by atoms with Crippen molar-refractivity contribution >= 4 is 8.80 Å². The van der Waals surface area contributed by atoms with Crippen molar-refractivity contribution in [1.29, 1.82) is 0 Å². The molecule has 1 N–H and O–H groups in total. The zero-order valence-corrected chi connectivity index (χ0v) is 14.9. The van der Waals surface area contributed by atoms with Crippen LogP contribution < -0.4 is 5.32 Å². The molecule has 5 heteroatoms. The molecule has 21 heavy (non-hydrogen) atoms. The van der Waals surface area contributed by atoms with Gasteiger partial charge in [-0.1, -0.05) is 44.2 Å². The quantitative estimate of drug-likeness (QED) is 0.533. The van der Waals surface area contributed by atoms with Crippen molar-refractivity contribution in [2.45, 2.75) is 32.4 Å². The van der Waals surface area contributed by atoms with Crippen molar-refractivity contribution in [1.82, 2.24) is 5.32 Å². The Hall–Kier alpha value is -0.723. The van der Waals surface area contributed by atoms with E-state index in [0.717, 1.165) is 19.4 Å². The number of aryl methyl sites for hydroxylation is 1. The molecule has 0 saturated carbocycles. The highest BCUT2D eigenvalue weighted by atomic mass is 28.4. The van der Waals surface area contributed by atoms with Crippen LogP contribution in [-0.2, 0) is 19.7 Å². The van der Waals surface area contributed by atoms with Gasteiger partial charge in [-0.3, -0.25) is 0 Å². The molecule has 1 atom stereocenters. The van der Waals surface area contributed by atoms with Gasteiger partial charge in [-0.15, -0.1) is 0 Å². The maximum atomic E-state index is 5.61. The first-order chi connectivity index (χ1) is 10.1. The molecule has 1 unspecified atom stereocenters. The fourth-order valence-corrected chi connectivity index (χ4v) is 5.07. The molecule has 0 aliphatic carbocycles. The predicted molar refractivity (Wildman–Crippen MR) is 88.2 cm³/mol. The second kappa shape index (κ2) is 9.33. The van der Waals surface area contributed by atoms with Crippen LogP contribution in [0.1, 0.15) is 25.8 Å². The smallest absolute Gasteiger partial charge is 0.376 e. The monoisotopic (exact) mass is 311 g/mol. The molecule has 0 aliphatic heterocycles. The van der Waals surface area contributed by atoms with E-state index in [-0.39, 0.29) is 5.67 Å². The van der Waals surface area contributed by atoms with Gasteiger partial charge in [0.1, 0.15) is 0 Å². The lowest BCUT2D eigenvalue weighted by Crippen LogP contribution is -2.62. The molecular formula is C16H29NO3Si. The average Bonchev–Trinajstić information content (AvgIpc) is 2.52. The van der Waals surface area contributed by atoms with E-state index in [0.29, 0.717) is 5.92 Å². The first-order valence-electron chi connectivity index (χ1n) is 7.52. The molecule has 0 fully saturated rings. The summed E-state index contributed by atoms with van der Waals surface area (Å²) in [7, 11) is 2.35. The van der Waals surface area contributed by atoms with E-state index in [1.807, 2.05) is 6.07 Å². The van der Waals surface area contributed by atoms with E-state index >= 15 is 0 Å². The van der Waals surface area contributed by atoms with E-state index in [1.54, 1.807) is 21.3 Å². The lowest BCUT2D eigenvalue weighted by atomic mass is 10.1. The van der Waals surface area contributed by atoms with Crippen LogP contribution in [0.4, 0.5) is 0 Å². The van der Waals surface area contributed by atoms with Gasteiger partial charge in [0.15, 0.2) is 0 Å². The molecule has 0 aliphatic rings. The number of hydrogen-bond acceptors (Lipinski definition) is 4. The molecule has 0 saturated heterocycles. The molecule has 1 rings (SSSR count). The molecule has 0 radical (unpaired) electrons. The van der Waals surface area contributed by atoms with Crippen molar-refractivity contribution in [2.24, 2.45) is 5.92 Å². The Bertz CT molecular complexity index is 374. The summed E-state index contributed by atoms with van der Waals surface area (Å²) in [6.45, 7) is 5.24. The van der Waals surface area contributed by atoms with Crippen LogP contribution in [0.25, 0.3) is 0 Å². The Morgan fingerprint density at radius 2 is 1.57 bits per heavy atom. The number of hydrogen-bond donors (Lipinski definition) is 1. The minimum Gasteiger partial charge on any atom is -0.376 e. The van der Waals surface area contributed by atoms with Gasteiger partial charge in [-0.25, -0.2) is 0 Å². The van der Waals surface area contributed by atoms with Gasteiger partial charge in [0.25, 0.3) is 0 Å². The maximum Gasteiger partial charge on any atom is 0.518 e. The topological polar surface area (TPSA) is 39.7 Å². The minimum atomic E-state index is -2.65. The van der Waals surface area contributed by atoms with Crippen molar-refractivity contribution in [3.8, 4) is 0 Å². The zero-order chi connectivity index (χ0) is 15.7. The van der Waals surface area contributed by atoms with E-state index in [4.69, 9.17) is 13.3 Å². The highest BCUT2D eigenvalue weighted by molar-refractivity contribution is 6.62. The van der Waals surface area contributed by atoms with Gasteiger partial charge in [-0.2, -0.15) is 0 Å². The Labute approximate surface area is 130 Å². The number of benzene rings is 1. The van der Waals surface area contributed by atoms with Crippen molar-refractivity contribution < 1.29 is 13.3 Å². The molecule has 1 aromatic rings. The molecule has 1 aromatic carbocycles. The minimum absolute atomic E-state index is 0.105. The summed E-state index contributed by atoms with van der Waals surface area (Å²) < 4.78 is 16.8. The standard InChI is InChI=1S/C16H29NO3Si/c1-14(2)16(21(18-3,19-4)20-5)17-13-9-12-15-10-7-6-8-11-15/h6-8,10-11,14,16-17H,9,12-13H2,1-5H3. The summed E-state index contributed by atoms with van der Waals surface area (Å²) in [5.74, 6) is 0.383. The van der Waals surface area contributed by atoms with Gasteiger partial charge in [0.2, 0.25) is 0 Å². The molecule has 4 nitrogen and oxygen atoms in total. The van der Waals surface area contributed by atoms with Gasteiger partial charge in [0.05, 0.1) is 5.67 Å². The van der Waals surface area contributed by atoms with Gasteiger partial charge < -0.3 is 18.6 Å². The number of nitrogens with one attached hydrogen (secondary N) is 1. The lowest BCUT2D eigenvalue weighted by Gasteiger charge is -2.35. The largest absolute Gasteiger partial charge is 0.518 e. The van der Waals surface area contributed by atoms with Gasteiger partial charge >= 0.3 is 8.80 Å². The van der Waals surface area contributed by atoms with Gasteiger partial charge in [0, 0.05) is 21.3 Å². The van der Waals surface area contributed by atoms with Gasteiger partial charge in [-0.05, 0) is 30.9 Å². The molecule has 120 valence electrons. The third-order valence-corrected chi connectivity index (χ3v) is 7.09. The van der Waals surface area contributed by atoms with Crippen molar-refractivity contribution in [2.75, 3.05) is 27.9 Å². The maximum absolute atomic E-state index is 5.61. The van der Waals surface area contributed by atoms with Crippen LogP contribution in [0.15, 0.2) is 30.3 Å². The molecule has 0 aromatic heterocycles. The first kappa shape index (κ1) is 18.3. The van der Waals surface area contributed by atoms with Crippen LogP contribution >= 0.6 is 0 Å². The highest BCUT2D eigenvalue weighted by Crippen LogP contribution is 2.18. The Morgan fingerprint density at radius 3 is 2.05 bits per heavy atom. The summed E-state index contributed by atoms with van der Waals surface area (Å²) in [6.07, 6.45) is 2.15. The zero-order valence-electron chi connectivity index (χ0n) is 13.9.